The lowest BCUT2D eigenvalue weighted by atomic mass is 9.99. The molecule has 3 rings (SSSR count). The Balaban J connectivity index is 1.63. The van der Waals surface area contributed by atoms with Crippen molar-refractivity contribution in [2.75, 3.05) is 24.6 Å². The van der Waals surface area contributed by atoms with Crippen molar-refractivity contribution in [3.8, 4) is 5.75 Å². The van der Waals surface area contributed by atoms with Crippen LogP contribution < -0.4 is 9.64 Å². The maximum Gasteiger partial charge on any atom is 0.433 e. The van der Waals surface area contributed by atoms with Crippen LogP contribution in [0.4, 0.5) is 19.0 Å². The van der Waals surface area contributed by atoms with E-state index in [0.29, 0.717) is 25.5 Å². The third-order valence-electron chi connectivity index (χ3n) is 3.92. The molecule has 0 saturated carbocycles. The molecule has 24 heavy (non-hydrogen) atoms. The zero-order chi connectivity index (χ0) is 17.0. The molecule has 3 heterocycles. The summed E-state index contributed by atoms with van der Waals surface area (Å²) in [6, 6.07) is 4.56. The highest BCUT2D eigenvalue weighted by atomic mass is 19.4. The lowest BCUT2D eigenvalue weighted by Gasteiger charge is -2.33. The summed E-state index contributed by atoms with van der Waals surface area (Å²) in [7, 11) is 0. The number of ether oxygens (including phenoxy) is 1. The van der Waals surface area contributed by atoms with Gasteiger partial charge in [0.2, 0.25) is 0 Å². The highest BCUT2D eigenvalue weighted by Gasteiger charge is 2.33. The Labute approximate surface area is 137 Å². The number of halogens is 3. The fourth-order valence-corrected chi connectivity index (χ4v) is 2.73. The summed E-state index contributed by atoms with van der Waals surface area (Å²) in [6.45, 7) is 1.80. The van der Waals surface area contributed by atoms with Gasteiger partial charge in [-0.25, -0.2) is 9.97 Å². The molecule has 1 aliphatic heterocycles. The number of alkyl halides is 3. The Morgan fingerprint density at radius 2 is 2.00 bits per heavy atom. The van der Waals surface area contributed by atoms with Gasteiger partial charge < -0.3 is 9.64 Å². The van der Waals surface area contributed by atoms with Crippen LogP contribution in [0.2, 0.25) is 0 Å². The van der Waals surface area contributed by atoms with E-state index in [1.54, 1.807) is 24.5 Å². The SMILES string of the molecule is FC(F)(F)c1cc(N2CCCC(COc3ccncc3)C2)ncn1. The fraction of sp³-hybridized carbons (Fsp3) is 0.438. The molecule has 0 aliphatic carbocycles. The zero-order valence-electron chi connectivity index (χ0n) is 12.9. The Morgan fingerprint density at radius 1 is 1.21 bits per heavy atom. The van der Waals surface area contributed by atoms with Gasteiger partial charge in [0.25, 0.3) is 0 Å². The summed E-state index contributed by atoms with van der Waals surface area (Å²) in [5.41, 5.74) is -0.914. The van der Waals surface area contributed by atoms with E-state index in [-0.39, 0.29) is 5.92 Å². The van der Waals surface area contributed by atoms with Gasteiger partial charge >= 0.3 is 6.18 Å². The molecule has 0 spiro atoms. The number of pyridine rings is 1. The van der Waals surface area contributed by atoms with Crippen molar-refractivity contribution in [1.82, 2.24) is 15.0 Å². The summed E-state index contributed by atoms with van der Waals surface area (Å²) in [5.74, 6) is 1.28. The Hall–Kier alpha value is -2.38. The number of hydrogen-bond acceptors (Lipinski definition) is 5. The lowest BCUT2D eigenvalue weighted by molar-refractivity contribution is -0.141. The second-order valence-corrected chi connectivity index (χ2v) is 5.71. The van der Waals surface area contributed by atoms with Crippen LogP contribution in [-0.2, 0) is 6.18 Å². The van der Waals surface area contributed by atoms with Crippen LogP contribution in [0.1, 0.15) is 18.5 Å². The Bertz CT molecular complexity index is 666. The number of aromatic nitrogens is 3. The highest BCUT2D eigenvalue weighted by molar-refractivity contribution is 5.40. The van der Waals surface area contributed by atoms with Crippen molar-refractivity contribution < 1.29 is 17.9 Å². The molecule has 1 unspecified atom stereocenters. The highest BCUT2D eigenvalue weighted by Crippen LogP contribution is 2.30. The molecule has 2 aromatic heterocycles. The van der Waals surface area contributed by atoms with E-state index in [1.807, 2.05) is 4.90 Å². The largest absolute Gasteiger partial charge is 0.493 e. The minimum Gasteiger partial charge on any atom is -0.493 e. The average Bonchev–Trinajstić information content (AvgIpc) is 2.60. The topological polar surface area (TPSA) is 51.1 Å². The van der Waals surface area contributed by atoms with Gasteiger partial charge in [0.1, 0.15) is 23.6 Å². The van der Waals surface area contributed by atoms with Crippen LogP contribution in [0, 0.1) is 5.92 Å². The van der Waals surface area contributed by atoms with Crippen molar-refractivity contribution in [3.63, 3.8) is 0 Å². The van der Waals surface area contributed by atoms with E-state index in [4.69, 9.17) is 4.74 Å². The molecule has 8 heteroatoms. The minimum atomic E-state index is -4.46. The molecule has 0 N–H and O–H groups in total. The molecule has 0 aromatic carbocycles. The number of hydrogen-bond donors (Lipinski definition) is 0. The van der Waals surface area contributed by atoms with Crippen molar-refractivity contribution in [1.29, 1.82) is 0 Å². The van der Waals surface area contributed by atoms with Crippen LogP contribution in [-0.4, -0.2) is 34.6 Å². The summed E-state index contributed by atoms with van der Waals surface area (Å²) in [4.78, 5) is 13.1. The Morgan fingerprint density at radius 3 is 2.75 bits per heavy atom. The van der Waals surface area contributed by atoms with Gasteiger partial charge in [-0.05, 0) is 25.0 Å². The fourth-order valence-electron chi connectivity index (χ4n) is 2.73. The second kappa shape index (κ2) is 7.02. The third kappa shape index (κ3) is 4.12. The first-order chi connectivity index (χ1) is 11.5. The van der Waals surface area contributed by atoms with Crippen molar-refractivity contribution >= 4 is 5.82 Å². The van der Waals surface area contributed by atoms with Gasteiger partial charge in [0.05, 0.1) is 6.61 Å². The molecule has 1 aliphatic rings. The average molecular weight is 338 g/mol. The Kier molecular flexibility index (Phi) is 4.82. The molecule has 1 fully saturated rings. The first kappa shape index (κ1) is 16.5. The van der Waals surface area contributed by atoms with E-state index in [0.717, 1.165) is 31.0 Å². The minimum absolute atomic E-state index is 0.233. The van der Waals surface area contributed by atoms with Crippen LogP contribution in [0.5, 0.6) is 5.75 Å². The second-order valence-electron chi connectivity index (χ2n) is 5.71. The van der Waals surface area contributed by atoms with Gasteiger partial charge in [-0.2, -0.15) is 13.2 Å². The van der Waals surface area contributed by atoms with Crippen LogP contribution in [0.15, 0.2) is 36.9 Å². The third-order valence-corrected chi connectivity index (χ3v) is 3.92. The monoisotopic (exact) mass is 338 g/mol. The number of nitrogens with zero attached hydrogens (tertiary/aromatic N) is 4. The molecular weight excluding hydrogens is 321 g/mol. The van der Waals surface area contributed by atoms with E-state index < -0.39 is 11.9 Å². The predicted molar refractivity (Wildman–Crippen MR) is 81.7 cm³/mol. The molecule has 1 atom stereocenters. The maximum atomic E-state index is 12.8. The van der Waals surface area contributed by atoms with Crippen LogP contribution in [0.3, 0.4) is 0 Å². The number of piperidine rings is 1. The van der Waals surface area contributed by atoms with Gasteiger partial charge in [-0.1, -0.05) is 0 Å². The first-order valence-corrected chi connectivity index (χ1v) is 7.69. The lowest BCUT2D eigenvalue weighted by Crippen LogP contribution is -2.38. The van der Waals surface area contributed by atoms with E-state index in [2.05, 4.69) is 15.0 Å². The quantitative estimate of drug-likeness (QED) is 0.857. The van der Waals surface area contributed by atoms with Crippen molar-refractivity contribution in [3.05, 3.63) is 42.6 Å². The first-order valence-electron chi connectivity index (χ1n) is 7.69. The number of anilines is 1. The summed E-state index contributed by atoms with van der Waals surface area (Å²) >= 11 is 0. The normalized spacial score (nSPS) is 18.5. The zero-order valence-corrected chi connectivity index (χ0v) is 12.9. The van der Waals surface area contributed by atoms with Crippen LogP contribution >= 0.6 is 0 Å². The molecule has 2 aromatic rings. The summed E-state index contributed by atoms with van der Waals surface area (Å²) in [5, 5.41) is 0. The van der Waals surface area contributed by atoms with E-state index in [9.17, 15) is 13.2 Å². The van der Waals surface area contributed by atoms with Gasteiger partial charge in [-0.3, -0.25) is 4.98 Å². The molecule has 1 saturated heterocycles. The number of rotatable bonds is 4. The molecule has 0 radical (unpaired) electrons. The van der Waals surface area contributed by atoms with E-state index >= 15 is 0 Å². The smallest absolute Gasteiger partial charge is 0.433 e. The van der Waals surface area contributed by atoms with Gasteiger partial charge in [0.15, 0.2) is 0 Å². The van der Waals surface area contributed by atoms with Crippen molar-refractivity contribution in [2.24, 2.45) is 5.92 Å². The molecule has 128 valence electrons. The van der Waals surface area contributed by atoms with Crippen molar-refractivity contribution in [2.45, 2.75) is 19.0 Å². The van der Waals surface area contributed by atoms with Crippen LogP contribution in [0.25, 0.3) is 0 Å². The van der Waals surface area contributed by atoms with E-state index in [1.165, 1.54) is 0 Å². The molecule has 0 amide bonds. The van der Waals surface area contributed by atoms with Gasteiger partial charge in [0, 0.05) is 37.5 Å². The predicted octanol–water partition coefficient (Wildman–Crippen LogP) is 3.19. The maximum absolute atomic E-state index is 12.8. The van der Waals surface area contributed by atoms with Gasteiger partial charge in [-0.15, -0.1) is 0 Å². The molecular formula is C16H17F3N4O. The summed E-state index contributed by atoms with van der Waals surface area (Å²) < 4.78 is 44.1. The molecule has 0 bridgehead atoms. The summed E-state index contributed by atoms with van der Waals surface area (Å²) in [6.07, 6.45) is 1.67. The molecule has 5 nitrogen and oxygen atoms in total. The standard InChI is InChI=1S/C16H17F3N4O/c17-16(18,19)14-8-15(22-11-21-14)23-7-1-2-12(9-23)10-24-13-3-5-20-6-4-13/h3-6,8,11-12H,1-2,7,9-10H2.